The van der Waals surface area contributed by atoms with Crippen LogP contribution in [0.5, 0.6) is 5.75 Å². The van der Waals surface area contributed by atoms with Crippen LogP contribution < -0.4 is 9.64 Å². The van der Waals surface area contributed by atoms with E-state index in [1.54, 1.807) is 7.11 Å². The summed E-state index contributed by atoms with van der Waals surface area (Å²) in [5.74, 6) is 0.490. The van der Waals surface area contributed by atoms with E-state index < -0.39 is 0 Å². The average molecular weight is 458 g/mol. The second kappa shape index (κ2) is 10.3. The van der Waals surface area contributed by atoms with Gasteiger partial charge in [-0.15, -0.1) is 0 Å². The van der Waals surface area contributed by atoms with Crippen LogP contribution >= 0.6 is 0 Å². The van der Waals surface area contributed by atoms with Crippen molar-refractivity contribution in [2.45, 2.75) is 33.2 Å². The molecule has 0 aliphatic carbocycles. The summed E-state index contributed by atoms with van der Waals surface area (Å²) in [5.41, 5.74) is 6.37. The lowest BCUT2D eigenvalue weighted by Crippen LogP contribution is -2.19. The second-order valence-corrected chi connectivity index (χ2v) is 8.33. The Hall–Kier alpha value is -3.93. The van der Waals surface area contributed by atoms with Crippen LogP contribution in [0.3, 0.4) is 0 Å². The summed E-state index contributed by atoms with van der Waals surface area (Å²) in [5, 5.41) is 7.22. The van der Waals surface area contributed by atoms with Gasteiger partial charge in [0.25, 0.3) is 0 Å². The van der Waals surface area contributed by atoms with Crippen molar-refractivity contribution in [3.63, 3.8) is 0 Å². The van der Waals surface area contributed by atoms with Gasteiger partial charge in [-0.1, -0.05) is 36.4 Å². The van der Waals surface area contributed by atoms with Crippen LogP contribution in [-0.2, 0) is 19.4 Å². The number of hydrogen-bond acceptors (Lipinski definition) is 4. The minimum absolute atomic E-state index is 0.0880. The van der Waals surface area contributed by atoms with Crippen molar-refractivity contribution in [3.05, 3.63) is 107 Å². The number of rotatable bonds is 9. The fraction of sp³-hybridized carbons (Fsp3) is 0.214. The Balaban J connectivity index is 1.61. The first-order valence-corrected chi connectivity index (χ1v) is 11.2. The van der Waals surface area contributed by atoms with Gasteiger partial charge >= 0.3 is 0 Å². The summed E-state index contributed by atoms with van der Waals surface area (Å²) in [4.78, 5) is 14.4. The molecule has 0 fully saturated rings. The number of nitrogens with zero attached hydrogens (tertiary/aromatic N) is 2. The highest BCUT2D eigenvalue weighted by Gasteiger charge is 2.22. The van der Waals surface area contributed by atoms with E-state index in [0.29, 0.717) is 12.2 Å². The lowest BCUT2D eigenvalue weighted by molar-refractivity contribution is 0.101. The summed E-state index contributed by atoms with van der Waals surface area (Å²) < 4.78 is 18.4. The first kappa shape index (κ1) is 23.2. The number of ether oxygens (including phenoxy) is 1. The number of aromatic nitrogens is 2. The number of ketones is 1. The minimum atomic E-state index is -0.218. The number of hydrogen-bond donors (Lipinski definition) is 1. The molecule has 34 heavy (non-hydrogen) atoms. The zero-order valence-electron chi connectivity index (χ0n) is 19.6. The summed E-state index contributed by atoms with van der Waals surface area (Å²) in [6.45, 7) is 4.02. The van der Waals surface area contributed by atoms with E-state index in [9.17, 15) is 9.18 Å². The lowest BCUT2D eigenvalue weighted by atomic mass is 10.0. The molecule has 0 spiro atoms. The molecule has 0 saturated heterocycles. The van der Waals surface area contributed by atoms with Gasteiger partial charge in [-0.2, -0.15) is 5.10 Å². The SMILES string of the molecule is COc1ccc(CN(c2ccc(CCc3ccc(F)cc3)cc2)c2c(C(C)=O)n[nH]c2C)cc1. The number of carbonyl (C=O) groups is 1. The maximum atomic E-state index is 13.1. The van der Waals surface area contributed by atoms with Gasteiger partial charge in [0.15, 0.2) is 11.5 Å². The van der Waals surface area contributed by atoms with E-state index in [1.807, 2.05) is 43.3 Å². The number of Topliss-reactive ketones (excluding diaryl/α,β-unsaturated/α-hetero) is 1. The Bertz CT molecular complexity index is 1250. The van der Waals surface area contributed by atoms with Crippen LogP contribution in [0.15, 0.2) is 72.8 Å². The van der Waals surface area contributed by atoms with Crippen LogP contribution in [0.25, 0.3) is 0 Å². The molecule has 5 nitrogen and oxygen atoms in total. The van der Waals surface area contributed by atoms with Gasteiger partial charge < -0.3 is 9.64 Å². The van der Waals surface area contributed by atoms with Crippen molar-refractivity contribution >= 4 is 17.2 Å². The number of H-pyrrole nitrogens is 1. The van der Waals surface area contributed by atoms with Gasteiger partial charge in [-0.05, 0) is 72.9 Å². The smallest absolute Gasteiger partial charge is 0.182 e. The average Bonchev–Trinajstić information content (AvgIpc) is 3.24. The van der Waals surface area contributed by atoms with Crippen molar-refractivity contribution in [1.29, 1.82) is 0 Å². The van der Waals surface area contributed by atoms with Crippen molar-refractivity contribution in [2.24, 2.45) is 0 Å². The second-order valence-electron chi connectivity index (χ2n) is 8.33. The highest BCUT2D eigenvalue weighted by Crippen LogP contribution is 2.33. The van der Waals surface area contributed by atoms with Crippen molar-refractivity contribution in [3.8, 4) is 5.75 Å². The first-order valence-electron chi connectivity index (χ1n) is 11.2. The van der Waals surface area contributed by atoms with Crippen LogP contribution in [0.2, 0.25) is 0 Å². The van der Waals surface area contributed by atoms with Crippen LogP contribution in [0.4, 0.5) is 15.8 Å². The molecule has 4 aromatic rings. The number of nitrogens with one attached hydrogen (secondary N) is 1. The molecule has 0 aliphatic rings. The number of anilines is 2. The number of carbonyl (C=O) groups excluding carboxylic acids is 1. The molecule has 0 saturated carbocycles. The molecular weight excluding hydrogens is 429 g/mol. The fourth-order valence-electron chi connectivity index (χ4n) is 3.99. The van der Waals surface area contributed by atoms with E-state index in [0.717, 1.165) is 46.8 Å². The molecule has 1 N–H and O–H groups in total. The van der Waals surface area contributed by atoms with E-state index in [-0.39, 0.29) is 11.6 Å². The molecule has 3 aromatic carbocycles. The number of halogens is 1. The molecule has 0 aliphatic heterocycles. The van der Waals surface area contributed by atoms with Gasteiger partial charge in [-0.25, -0.2) is 4.39 Å². The zero-order chi connectivity index (χ0) is 24.1. The molecular formula is C28H28FN3O2. The Morgan fingerprint density at radius 2 is 1.47 bits per heavy atom. The van der Waals surface area contributed by atoms with Crippen molar-refractivity contribution in [2.75, 3.05) is 12.0 Å². The molecule has 0 unspecified atom stereocenters. The summed E-state index contributed by atoms with van der Waals surface area (Å²) in [6, 6.07) is 22.9. The normalized spacial score (nSPS) is 10.8. The predicted octanol–water partition coefficient (Wildman–Crippen LogP) is 6.19. The van der Waals surface area contributed by atoms with E-state index in [4.69, 9.17) is 4.74 Å². The van der Waals surface area contributed by atoms with Crippen LogP contribution in [-0.4, -0.2) is 23.1 Å². The Labute approximate surface area is 199 Å². The van der Waals surface area contributed by atoms with E-state index in [2.05, 4.69) is 39.4 Å². The molecule has 174 valence electrons. The fourth-order valence-corrected chi connectivity index (χ4v) is 3.99. The monoisotopic (exact) mass is 457 g/mol. The Morgan fingerprint density at radius 1 is 0.912 bits per heavy atom. The minimum Gasteiger partial charge on any atom is -0.497 e. The number of benzene rings is 3. The standard InChI is InChI=1S/C28H28FN3O2/c1-19-28(27(20(2)33)31-30-19)32(18-23-10-16-26(34-3)17-11-23)25-14-8-22(9-15-25)5-4-21-6-12-24(29)13-7-21/h6-17H,4-5,18H2,1-3H3,(H,30,31). The third-order valence-corrected chi connectivity index (χ3v) is 5.88. The molecule has 1 heterocycles. The van der Waals surface area contributed by atoms with E-state index in [1.165, 1.54) is 24.6 Å². The number of aromatic amines is 1. The third-order valence-electron chi connectivity index (χ3n) is 5.88. The van der Waals surface area contributed by atoms with Gasteiger partial charge in [-0.3, -0.25) is 9.89 Å². The maximum Gasteiger partial charge on any atom is 0.182 e. The molecule has 0 bridgehead atoms. The van der Waals surface area contributed by atoms with Gasteiger partial charge in [0.1, 0.15) is 11.6 Å². The maximum absolute atomic E-state index is 13.1. The van der Waals surface area contributed by atoms with Crippen LogP contribution in [0.1, 0.15) is 39.8 Å². The molecule has 0 amide bonds. The molecule has 0 radical (unpaired) electrons. The lowest BCUT2D eigenvalue weighted by Gasteiger charge is -2.26. The quantitative estimate of drug-likeness (QED) is 0.304. The Kier molecular flexibility index (Phi) is 7.07. The molecule has 0 atom stereocenters. The summed E-state index contributed by atoms with van der Waals surface area (Å²) in [7, 11) is 1.65. The van der Waals surface area contributed by atoms with Crippen molar-refractivity contribution in [1.82, 2.24) is 10.2 Å². The van der Waals surface area contributed by atoms with Crippen LogP contribution in [0, 0.1) is 12.7 Å². The summed E-state index contributed by atoms with van der Waals surface area (Å²) >= 11 is 0. The predicted molar refractivity (Wildman–Crippen MR) is 132 cm³/mol. The van der Waals surface area contributed by atoms with Crippen molar-refractivity contribution < 1.29 is 13.9 Å². The van der Waals surface area contributed by atoms with Gasteiger partial charge in [0, 0.05) is 19.2 Å². The molecule has 6 heteroatoms. The molecule has 4 rings (SSSR count). The highest BCUT2D eigenvalue weighted by atomic mass is 19.1. The Morgan fingerprint density at radius 3 is 2.03 bits per heavy atom. The third kappa shape index (κ3) is 5.34. The first-order chi connectivity index (χ1) is 16.4. The van der Waals surface area contributed by atoms with Gasteiger partial charge in [0.2, 0.25) is 0 Å². The zero-order valence-corrected chi connectivity index (χ0v) is 19.6. The molecule has 1 aromatic heterocycles. The largest absolute Gasteiger partial charge is 0.497 e. The summed E-state index contributed by atoms with van der Waals surface area (Å²) in [6.07, 6.45) is 1.69. The number of aryl methyl sites for hydroxylation is 3. The number of methoxy groups -OCH3 is 1. The topological polar surface area (TPSA) is 58.2 Å². The van der Waals surface area contributed by atoms with Gasteiger partial charge in [0.05, 0.1) is 18.5 Å². The van der Waals surface area contributed by atoms with E-state index >= 15 is 0 Å². The highest BCUT2D eigenvalue weighted by molar-refractivity contribution is 5.99.